The Kier molecular flexibility index (Phi) is 1.61. The Hall–Kier alpha value is -1.24. The molecule has 0 fully saturated rings. The third-order valence-corrected chi connectivity index (χ3v) is 0.254. The maximum Gasteiger partial charge on any atom is 0.221 e. The minimum Gasteiger partial charge on any atom is -0.374 e. The zero-order chi connectivity index (χ0) is 4.99. The fourth-order valence-corrected chi connectivity index (χ4v) is 0.0289. The predicted molar refractivity (Wildman–Crippen MR) is 21.4 cm³/mol. The third-order valence-electron chi connectivity index (χ3n) is 0.254. The molecule has 0 saturated heterocycles. The van der Waals surface area contributed by atoms with Gasteiger partial charge in [0.1, 0.15) is 6.07 Å². The summed E-state index contributed by atoms with van der Waals surface area (Å²) in [6.07, 6.45) is 0. The molecule has 4 N–H and O–H groups in total. The van der Waals surface area contributed by atoms with Gasteiger partial charge in [-0.1, -0.05) is 0 Å². The van der Waals surface area contributed by atoms with Crippen LogP contribution >= 0.6 is 0 Å². The summed E-state index contributed by atoms with van der Waals surface area (Å²) in [5.41, 5.74) is 4.74. The Balaban J connectivity index is 3.61. The van der Waals surface area contributed by atoms with Crippen LogP contribution in [0.25, 0.3) is 0 Å². The van der Waals surface area contributed by atoms with E-state index in [1.807, 2.05) is 0 Å². The van der Waals surface area contributed by atoms with Crippen LogP contribution in [0.15, 0.2) is 5.10 Å². The molecule has 6 heavy (non-hydrogen) atoms. The molecule has 0 unspecified atom stereocenters. The summed E-state index contributed by atoms with van der Waals surface area (Å²) in [5.74, 6) is 4.32. The van der Waals surface area contributed by atoms with Crippen molar-refractivity contribution in [1.29, 1.82) is 5.26 Å². The number of hydrazone groups is 1. The van der Waals surface area contributed by atoms with Gasteiger partial charge in [-0.3, -0.25) is 0 Å². The summed E-state index contributed by atoms with van der Waals surface area (Å²) in [7, 11) is 0. The number of rotatable bonds is 0. The van der Waals surface area contributed by atoms with Crippen molar-refractivity contribution in [3.8, 4) is 6.07 Å². The first kappa shape index (κ1) is 4.76. The van der Waals surface area contributed by atoms with Crippen molar-refractivity contribution in [3.63, 3.8) is 0 Å². The van der Waals surface area contributed by atoms with Crippen LogP contribution in [0.5, 0.6) is 0 Å². The van der Waals surface area contributed by atoms with E-state index in [2.05, 4.69) is 10.9 Å². The van der Waals surface area contributed by atoms with E-state index in [-0.39, 0.29) is 5.84 Å². The molecule has 0 aromatic heterocycles. The van der Waals surface area contributed by atoms with E-state index in [0.717, 1.165) is 0 Å². The first-order valence-corrected chi connectivity index (χ1v) is 1.24. The van der Waals surface area contributed by atoms with Crippen molar-refractivity contribution in [3.05, 3.63) is 0 Å². The standard InChI is InChI=1S/C2H4N4/c3-1-2(4)6-5/h5H2,(H2,4,6). The van der Waals surface area contributed by atoms with Crippen molar-refractivity contribution >= 4 is 5.84 Å². The second-order valence-corrected chi connectivity index (χ2v) is 0.626. The highest BCUT2D eigenvalue weighted by Crippen LogP contribution is 1.48. The van der Waals surface area contributed by atoms with Crippen molar-refractivity contribution in [2.75, 3.05) is 0 Å². The summed E-state index contributed by atoms with van der Waals surface area (Å²) in [6.45, 7) is 0. The summed E-state index contributed by atoms with van der Waals surface area (Å²) >= 11 is 0. The number of amidine groups is 1. The summed E-state index contributed by atoms with van der Waals surface area (Å²) in [5, 5.41) is 10.6. The van der Waals surface area contributed by atoms with Gasteiger partial charge >= 0.3 is 0 Å². The van der Waals surface area contributed by atoms with E-state index in [4.69, 9.17) is 11.0 Å². The van der Waals surface area contributed by atoms with Gasteiger partial charge in [-0.15, -0.1) is 0 Å². The molecule has 0 atom stereocenters. The molecule has 4 heteroatoms. The Morgan fingerprint density at radius 3 is 2.33 bits per heavy atom. The van der Waals surface area contributed by atoms with E-state index < -0.39 is 0 Å². The molecule has 0 saturated carbocycles. The van der Waals surface area contributed by atoms with Crippen LogP contribution in [-0.4, -0.2) is 5.84 Å². The smallest absolute Gasteiger partial charge is 0.221 e. The summed E-state index contributed by atoms with van der Waals surface area (Å²) in [4.78, 5) is 0. The van der Waals surface area contributed by atoms with Crippen molar-refractivity contribution in [2.45, 2.75) is 0 Å². The minimum atomic E-state index is -0.199. The van der Waals surface area contributed by atoms with Gasteiger partial charge in [0.05, 0.1) is 0 Å². The van der Waals surface area contributed by atoms with Crippen molar-refractivity contribution < 1.29 is 0 Å². The highest BCUT2D eigenvalue weighted by Gasteiger charge is 1.75. The number of hydrogen-bond acceptors (Lipinski definition) is 3. The molecule has 0 amide bonds. The second-order valence-electron chi connectivity index (χ2n) is 0.626. The fourth-order valence-electron chi connectivity index (χ4n) is 0.0289. The molecule has 0 aliphatic rings. The highest BCUT2D eigenvalue weighted by atomic mass is 15.1. The van der Waals surface area contributed by atoms with E-state index in [1.165, 1.54) is 6.07 Å². The molecule has 0 aromatic rings. The lowest BCUT2D eigenvalue weighted by molar-refractivity contribution is 1.24. The van der Waals surface area contributed by atoms with Crippen LogP contribution in [0.4, 0.5) is 0 Å². The quantitative estimate of drug-likeness (QED) is 0.166. The number of nitrogens with two attached hydrogens (primary N) is 2. The molecule has 0 heterocycles. The summed E-state index contributed by atoms with van der Waals surface area (Å²) < 4.78 is 0. The lowest BCUT2D eigenvalue weighted by Crippen LogP contribution is -2.09. The average Bonchev–Trinajstić information content (AvgIpc) is 1.65. The Morgan fingerprint density at radius 2 is 2.33 bits per heavy atom. The zero-order valence-corrected chi connectivity index (χ0v) is 3.05. The molecule has 0 spiro atoms. The molecule has 0 aromatic carbocycles. The first-order valence-electron chi connectivity index (χ1n) is 1.24. The summed E-state index contributed by atoms with van der Waals surface area (Å²) in [6, 6.07) is 1.52. The van der Waals surface area contributed by atoms with Crippen LogP contribution in [0.2, 0.25) is 0 Å². The topological polar surface area (TPSA) is 88.2 Å². The number of nitriles is 1. The first-order chi connectivity index (χ1) is 2.81. The average molecular weight is 84.1 g/mol. The molecular formula is C2H4N4. The highest BCUT2D eigenvalue weighted by molar-refractivity contribution is 5.94. The van der Waals surface area contributed by atoms with Crippen molar-refractivity contribution in [2.24, 2.45) is 16.7 Å². The molecule has 0 radical (unpaired) electrons. The third kappa shape index (κ3) is 1.12. The Morgan fingerprint density at radius 1 is 1.83 bits per heavy atom. The lowest BCUT2D eigenvalue weighted by Gasteiger charge is -1.72. The molecule has 32 valence electrons. The zero-order valence-electron chi connectivity index (χ0n) is 3.05. The van der Waals surface area contributed by atoms with Crippen LogP contribution in [0.1, 0.15) is 0 Å². The van der Waals surface area contributed by atoms with E-state index in [0.29, 0.717) is 0 Å². The van der Waals surface area contributed by atoms with Gasteiger partial charge in [-0.2, -0.15) is 10.4 Å². The van der Waals surface area contributed by atoms with E-state index in [1.54, 1.807) is 0 Å². The molecule has 4 nitrogen and oxygen atoms in total. The van der Waals surface area contributed by atoms with Gasteiger partial charge in [0.25, 0.3) is 0 Å². The van der Waals surface area contributed by atoms with Gasteiger partial charge in [0.15, 0.2) is 0 Å². The van der Waals surface area contributed by atoms with Crippen LogP contribution < -0.4 is 11.6 Å². The van der Waals surface area contributed by atoms with Gasteiger partial charge in [-0.05, 0) is 0 Å². The van der Waals surface area contributed by atoms with Gasteiger partial charge < -0.3 is 11.6 Å². The normalized spacial score (nSPS) is 10.2. The molecule has 0 aliphatic carbocycles. The maximum atomic E-state index is 7.75. The Labute approximate surface area is 35.0 Å². The van der Waals surface area contributed by atoms with E-state index in [9.17, 15) is 0 Å². The van der Waals surface area contributed by atoms with Gasteiger partial charge in [0, 0.05) is 0 Å². The van der Waals surface area contributed by atoms with Crippen LogP contribution in [0, 0.1) is 11.3 Å². The predicted octanol–water partition coefficient (Wildman–Crippen LogP) is -1.26. The van der Waals surface area contributed by atoms with Gasteiger partial charge in [0.2, 0.25) is 5.84 Å². The molecule has 0 rings (SSSR count). The largest absolute Gasteiger partial charge is 0.374 e. The van der Waals surface area contributed by atoms with E-state index >= 15 is 0 Å². The van der Waals surface area contributed by atoms with Crippen molar-refractivity contribution in [1.82, 2.24) is 0 Å². The lowest BCUT2D eigenvalue weighted by atomic mass is 10.7. The number of hydrogen-bond donors (Lipinski definition) is 2. The Bertz CT molecular complexity index is 96.6. The molecule has 0 aliphatic heterocycles. The molecule has 0 bridgehead atoms. The minimum absolute atomic E-state index is 0.199. The number of nitrogens with zero attached hydrogens (tertiary/aromatic N) is 2. The monoisotopic (exact) mass is 84.0 g/mol. The fraction of sp³-hybridized carbons (Fsp3) is 0. The molecular weight excluding hydrogens is 80.0 g/mol. The van der Waals surface area contributed by atoms with Crippen LogP contribution in [0.3, 0.4) is 0 Å². The van der Waals surface area contributed by atoms with Gasteiger partial charge in [-0.25, -0.2) is 0 Å². The van der Waals surface area contributed by atoms with Crippen LogP contribution in [-0.2, 0) is 0 Å². The second kappa shape index (κ2) is 2.03. The maximum absolute atomic E-state index is 7.75. The SMILES string of the molecule is N#CC(N)=NN.